The summed E-state index contributed by atoms with van der Waals surface area (Å²) in [6.45, 7) is 9.69. The zero-order chi connectivity index (χ0) is 77.1. The van der Waals surface area contributed by atoms with Gasteiger partial charge in [-0.25, -0.2) is 9.13 Å². The van der Waals surface area contributed by atoms with Crippen LogP contribution in [0.2, 0.25) is 0 Å². The Morgan fingerprint density at radius 1 is 0.276 bits per heavy atom. The lowest BCUT2D eigenvalue weighted by Gasteiger charge is -2.21. The van der Waals surface area contributed by atoms with Crippen molar-refractivity contribution in [3.63, 3.8) is 0 Å². The minimum absolute atomic E-state index is 0.106. The lowest BCUT2D eigenvalue weighted by molar-refractivity contribution is -0.161. The molecule has 0 aliphatic carbocycles. The maximum absolute atomic E-state index is 13.1. The number of aliphatic hydroxyl groups is 1. The van der Waals surface area contributed by atoms with E-state index in [-0.39, 0.29) is 25.7 Å². The first-order valence-electron chi connectivity index (χ1n) is 44.5. The number of unbranched alkanes of at least 4 members (excludes halogenated alkanes) is 54. The molecule has 3 N–H and O–H groups in total. The monoisotopic (exact) mass is 1540 g/mol. The molecular formula is C86H168O17P2. The Kier molecular flexibility index (Phi) is 76.0. The highest BCUT2D eigenvalue weighted by atomic mass is 31.2. The summed E-state index contributed by atoms with van der Waals surface area (Å²) in [6, 6.07) is 0. The molecule has 0 amide bonds. The number of ether oxygens (including phenoxy) is 4. The third-order valence-electron chi connectivity index (χ3n) is 20.6. The molecule has 0 fully saturated rings. The second-order valence-electron chi connectivity index (χ2n) is 31.6. The first-order chi connectivity index (χ1) is 50.9. The van der Waals surface area contributed by atoms with E-state index in [2.05, 4.69) is 41.5 Å². The molecule has 0 aromatic rings. The van der Waals surface area contributed by atoms with Crippen LogP contribution in [0.4, 0.5) is 0 Å². The molecule has 3 unspecified atom stereocenters. The van der Waals surface area contributed by atoms with Crippen molar-refractivity contribution in [2.24, 2.45) is 11.8 Å². The summed E-state index contributed by atoms with van der Waals surface area (Å²) in [5.41, 5.74) is 0. The molecule has 0 spiro atoms. The van der Waals surface area contributed by atoms with Gasteiger partial charge in [-0.3, -0.25) is 37.3 Å². The molecule has 0 bridgehead atoms. The molecule has 19 heteroatoms. The Bertz CT molecular complexity index is 2010. The SMILES string of the molecule is CCCCCCCCCCCCCCCCCCCCCCCCC(=O)O[C@H](COC(=O)CCCCCCCCCCCCCCCCCCCCC(C)C)COP(=O)(O)OC[C@@H](O)COP(=O)(O)OC[C@@H](COC(=O)CCCCCCCCCC)OC(=O)CCCCCCCCCCCCC(C)CC. The molecule has 0 aliphatic heterocycles. The molecule has 17 nitrogen and oxygen atoms in total. The Morgan fingerprint density at radius 3 is 0.724 bits per heavy atom. The molecule has 0 radical (unpaired) electrons. The van der Waals surface area contributed by atoms with Crippen molar-refractivity contribution in [1.29, 1.82) is 0 Å². The normalized spacial score (nSPS) is 14.1. The van der Waals surface area contributed by atoms with Crippen LogP contribution < -0.4 is 0 Å². The minimum atomic E-state index is -4.97. The molecule has 0 heterocycles. The quantitative estimate of drug-likeness (QED) is 0.0222. The molecule has 0 aromatic carbocycles. The fraction of sp³-hybridized carbons (Fsp3) is 0.953. The van der Waals surface area contributed by atoms with E-state index >= 15 is 0 Å². The summed E-state index contributed by atoms with van der Waals surface area (Å²) >= 11 is 0. The smallest absolute Gasteiger partial charge is 0.462 e. The molecule has 0 saturated carbocycles. The summed E-state index contributed by atoms with van der Waals surface area (Å²) in [4.78, 5) is 73.1. The zero-order valence-corrected chi connectivity index (χ0v) is 70.8. The van der Waals surface area contributed by atoms with Gasteiger partial charge in [0, 0.05) is 25.7 Å². The lowest BCUT2D eigenvalue weighted by atomic mass is 9.99. The summed E-state index contributed by atoms with van der Waals surface area (Å²) < 4.78 is 68.8. The van der Waals surface area contributed by atoms with Crippen LogP contribution in [0.5, 0.6) is 0 Å². The van der Waals surface area contributed by atoms with Gasteiger partial charge in [0.1, 0.15) is 19.3 Å². The summed E-state index contributed by atoms with van der Waals surface area (Å²) in [5.74, 6) is -0.481. The van der Waals surface area contributed by atoms with E-state index in [0.29, 0.717) is 25.7 Å². The summed E-state index contributed by atoms with van der Waals surface area (Å²) in [6.07, 6.45) is 69.6. The van der Waals surface area contributed by atoms with Crippen LogP contribution in [0.25, 0.3) is 0 Å². The van der Waals surface area contributed by atoms with Gasteiger partial charge in [0.25, 0.3) is 0 Å². The predicted octanol–water partition coefficient (Wildman–Crippen LogP) is 26.2. The molecule has 624 valence electrons. The molecule has 0 saturated heterocycles. The molecule has 0 rings (SSSR count). The number of phosphoric ester groups is 2. The number of esters is 4. The fourth-order valence-electron chi connectivity index (χ4n) is 13.4. The Labute approximate surface area is 645 Å². The maximum Gasteiger partial charge on any atom is 0.472 e. The average Bonchev–Trinajstić information content (AvgIpc) is 1.03. The van der Waals surface area contributed by atoms with Crippen LogP contribution in [0, 0.1) is 11.8 Å². The number of rotatable bonds is 85. The van der Waals surface area contributed by atoms with E-state index in [1.807, 2.05) is 0 Å². The third kappa shape index (κ3) is 78.5. The van der Waals surface area contributed by atoms with Crippen molar-refractivity contribution < 1.29 is 80.2 Å². The first kappa shape index (κ1) is 103. The van der Waals surface area contributed by atoms with Crippen LogP contribution in [0.1, 0.15) is 459 Å². The van der Waals surface area contributed by atoms with Crippen LogP contribution >= 0.6 is 15.6 Å². The molecule has 0 aliphatic rings. The highest BCUT2D eigenvalue weighted by Crippen LogP contribution is 2.45. The van der Waals surface area contributed by atoms with Gasteiger partial charge in [-0.1, -0.05) is 408 Å². The molecular weight excluding hydrogens is 1370 g/mol. The van der Waals surface area contributed by atoms with E-state index < -0.39 is 97.5 Å². The predicted molar refractivity (Wildman–Crippen MR) is 432 cm³/mol. The standard InChI is InChI=1S/C86H168O17P2/c1-7-10-12-14-16-18-19-20-21-22-23-24-25-26-31-34-37-40-46-52-58-64-70-85(90)103-82(75-97-84(89)69-63-57-51-45-39-36-33-30-28-27-29-32-35-38-43-48-54-60-66-78(4)5)77-101-105(94,95)99-73-80(87)72-98-104(92,93)100-76-81(74-96-83(88)68-62-56-50-17-15-13-11-8-2)102-86(91)71-65-59-53-47-42-41-44-49-55-61-67-79(6)9-3/h78-82,87H,7-77H2,1-6H3,(H,92,93)(H,94,95)/t79?,80-,81+,82+/m0/s1. The summed E-state index contributed by atoms with van der Waals surface area (Å²) in [5, 5.41) is 10.7. The van der Waals surface area contributed by atoms with Crippen molar-refractivity contribution in [1.82, 2.24) is 0 Å². The molecule has 105 heavy (non-hydrogen) atoms. The zero-order valence-electron chi connectivity index (χ0n) is 69.0. The highest BCUT2D eigenvalue weighted by Gasteiger charge is 2.30. The van der Waals surface area contributed by atoms with Crippen molar-refractivity contribution in [2.75, 3.05) is 39.6 Å². The fourth-order valence-corrected chi connectivity index (χ4v) is 15.0. The van der Waals surface area contributed by atoms with Gasteiger partial charge in [-0.15, -0.1) is 0 Å². The molecule has 6 atom stereocenters. The van der Waals surface area contributed by atoms with Gasteiger partial charge < -0.3 is 33.8 Å². The first-order valence-corrected chi connectivity index (χ1v) is 47.5. The third-order valence-corrected chi connectivity index (χ3v) is 22.5. The largest absolute Gasteiger partial charge is 0.472 e. The number of hydrogen-bond acceptors (Lipinski definition) is 15. The van der Waals surface area contributed by atoms with E-state index in [9.17, 15) is 43.2 Å². The van der Waals surface area contributed by atoms with Crippen LogP contribution in [0.15, 0.2) is 0 Å². The second kappa shape index (κ2) is 77.4. The number of phosphoric acid groups is 2. The van der Waals surface area contributed by atoms with Crippen molar-refractivity contribution in [3.05, 3.63) is 0 Å². The highest BCUT2D eigenvalue weighted by molar-refractivity contribution is 7.47. The Balaban J connectivity index is 5.17. The van der Waals surface area contributed by atoms with E-state index in [4.69, 9.17) is 37.0 Å². The topological polar surface area (TPSA) is 237 Å². The number of aliphatic hydroxyl groups excluding tert-OH is 1. The number of carbonyl (C=O) groups excluding carboxylic acids is 4. The van der Waals surface area contributed by atoms with Gasteiger partial charge in [0.15, 0.2) is 12.2 Å². The van der Waals surface area contributed by atoms with Crippen LogP contribution in [-0.2, 0) is 65.4 Å². The van der Waals surface area contributed by atoms with Crippen molar-refractivity contribution in [2.45, 2.75) is 477 Å². The number of carbonyl (C=O) groups is 4. The van der Waals surface area contributed by atoms with Crippen LogP contribution in [-0.4, -0.2) is 96.7 Å². The van der Waals surface area contributed by atoms with Crippen LogP contribution in [0.3, 0.4) is 0 Å². The van der Waals surface area contributed by atoms with Crippen molar-refractivity contribution in [3.8, 4) is 0 Å². The van der Waals surface area contributed by atoms with Gasteiger partial charge in [-0.2, -0.15) is 0 Å². The Morgan fingerprint density at radius 2 is 0.486 bits per heavy atom. The van der Waals surface area contributed by atoms with Gasteiger partial charge >= 0.3 is 39.5 Å². The van der Waals surface area contributed by atoms with E-state index in [1.54, 1.807) is 0 Å². The lowest BCUT2D eigenvalue weighted by Crippen LogP contribution is -2.30. The minimum Gasteiger partial charge on any atom is -0.462 e. The average molecular weight is 1540 g/mol. The number of hydrogen-bond donors (Lipinski definition) is 3. The van der Waals surface area contributed by atoms with E-state index in [1.165, 1.54) is 270 Å². The molecule has 0 aromatic heterocycles. The van der Waals surface area contributed by atoms with Crippen molar-refractivity contribution >= 4 is 39.5 Å². The maximum atomic E-state index is 13.1. The summed E-state index contributed by atoms with van der Waals surface area (Å²) in [7, 11) is -9.92. The van der Waals surface area contributed by atoms with E-state index in [0.717, 1.165) is 108 Å². The second-order valence-corrected chi connectivity index (χ2v) is 34.6. The van der Waals surface area contributed by atoms with Gasteiger partial charge in [0.2, 0.25) is 0 Å². The van der Waals surface area contributed by atoms with Gasteiger partial charge in [0.05, 0.1) is 26.4 Å². The van der Waals surface area contributed by atoms with Gasteiger partial charge in [-0.05, 0) is 37.5 Å². The Hall–Kier alpha value is -1.94.